The van der Waals surface area contributed by atoms with Gasteiger partial charge in [0.25, 0.3) is 0 Å². The normalized spacial score (nSPS) is 19.7. The SMILES string of the molecule is NN/N=C(\N)c1ccnc(N2CCC(C(=O)N3N=CCC3c3cncc(F)c3)CC2)n1. The molecule has 0 saturated carbocycles. The lowest BCUT2D eigenvalue weighted by Crippen LogP contribution is -2.41. The number of aromatic nitrogens is 3. The first-order chi connectivity index (χ1) is 15.1. The van der Waals surface area contributed by atoms with Crippen LogP contribution in [0.4, 0.5) is 10.3 Å². The van der Waals surface area contributed by atoms with Crippen molar-refractivity contribution >= 4 is 23.9 Å². The fourth-order valence-corrected chi connectivity index (χ4v) is 3.80. The van der Waals surface area contributed by atoms with Gasteiger partial charge in [0.1, 0.15) is 11.5 Å². The first-order valence-corrected chi connectivity index (χ1v) is 9.90. The lowest BCUT2D eigenvalue weighted by molar-refractivity contribution is -0.138. The molecular formula is C19H23FN10O. The summed E-state index contributed by atoms with van der Waals surface area (Å²) < 4.78 is 13.6. The maximum absolute atomic E-state index is 13.6. The number of carbonyl (C=O) groups excluding carboxylic acids is 1. The number of piperidine rings is 1. The number of pyridine rings is 1. The molecule has 0 spiro atoms. The number of rotatable bonds is 5. The van der Waals surface area contributed by atoms with Gasteiger partial charge < -0.3 is 10.6 Å². The van der Waals surface area contributed by atoms with Crippen molar-refractivity contribution in [3.63, 3.8) is 0 Å². The van der Waals surface area contributed by atoms with Gasteiger partial charge in [0.15, 0.2) is 5.84 Å². The third-order valence-electron chi connectivity index (χ3n) is 5.38. The Kier molecular flexibility index (Phi) is 5.98. The van der Waals surface area contributed by atoms with E-state index in [1.54, 1.807) is 24.7 Å². The summed E-state index contributed by atoms with van der Waals surface area (Å²) >= 11 is 0. The molecule has 0 aliphatic carbocycles. The molecule has 2 aromatic rings. The standard InChI is InChI=1S/C19H23FN10O/c20-14-9-13(10-23-11-14)16-2-6-25-30(16)18(31)12-3-7-29(8-4-12)19-24-5-1-15(26-19)17(21)27-28-22/h1,5-6,9-12,16,28H,2-4,7-8,22H2,(H2,21,27). The molecule has 1 amide bonds. The number of amides is 1. The average molecular weight is 426 g/mol. The van der Waals surface area contributed by atoms with Crippen LogP contribution in [0.2, 0.25) is 0 Å². The van der Waals surface area contributed by atoms with Crippen molar-refractivity contribution in [1.82, 2.24) is 25.5 Å². The summed E-state index contributed by atoms with van der Waals surface area (Å²) in [5, 5.41) is 9.43. The number of hydrogen-bond acceptors (Lipinski definition) is 9. The molecule has 2 aliphatic rings. The Bertz CT molecular complexity index is 1000. The van der Waals surface area contributed by atoms with E-state index >= 15 is 0 Å². The highest BCUT2D eigenvalue weighted by Gasteiger charge is 2.35. The summed E-state index contributed by atoms with van der Waals surface area (Å²) in [6.07, 6.45) is 7.79. The number of anilines is 1. The van der Waals surface area contributed by atoms with Crippen LogP contribution in [0.15, 0.2) is 40.9 Å². The maximum Gasteiger partial charge on any atom is 0.246 e. The zero-order valence-corrected chi connectivity index (χ0v) is 16.7. The first-order valence-electron chi connectivity index (χ1n) is 9.90. The first kappa shape index (κ1) is 20.6. The van der Waals surface area contributed by atoms with Gasteiger partial charge in [-0.3, -0.25) is 9.78 Å². The van der Waals surface area contributed by atoms with Crippen LogP contribution in [0, 0.1) is 11.7 Å². The van der Waals surface area contributed by atoms with E-state index in [1.165, 1.54) is 11.1 Å². The minimum Gasteiger partial charge on any atom is -0.380 e. The summed E-state index contributed by atoms with van der Waals surface area (Å²) in [6.45, 7) is 1.21. The van der Waals surface area contributed by atoms with Crippen LogP contribution in [0.3, 0.4) is 0 Å². The summed E-state index contributed by atoms with van der Waals surface area (Å²) in [5.74, 6) is 5.14. The molecule has 31 heavy (non-hydrogen) atoms. The van der Waals surface area contributed by atoms with Gasteiger partial charge in [0, 0.05) is 44.0 Å². The summed E-state index contributed by atoms with van der Waals surface area (Å²) in [4.78, 5) is 27.7. The second-order valence-corrected chi connectivity index (χ2v) is 7.30. The molecule has 1 atom stereocenters. The van der Waals surface area contributed by atoms with Gasteiger partial charge in [-0.2, -0.15) is 5.10 Å². The van der Waals surface area contributed by atoms with Crippen LogP contribution in [-0.4, -0.2) is 51.0 Å². The van der Waals surface area contributed by atoms with Crippen molar-refractivity contribution in [3.8, 4) is 0 Å². The van der Waals surface area contributed by atoms with Crippen molar-refractivity contribution in [2.75, 3.05) is 18.0 Å². The number of nitrogens with zero attached hydrogens (tertiary/aromatic N) is 7. The van der Waals surface area contributed by atoms with Crippen LogP contribution < -0.4 is 22.0 Å². The second-order valence-electron chi connectivity index (χ2n) is 7.30. The Morgan fingerprint density at radius 3 is 2.84 bits per heavy atom. The number of hydrazine groups is 1. The predicted molar refractivity (Wildman–Crippen MR) is 112 cm³/mol. The van der Waals surface area contributed by atoms with Gasteiger partial charge in [-0.25, -0.2) is 30.7 Å². The molecule has 2 aromatic heterocycles. The van der Waals surface area contributed by atoms with E-state index in [9.17, 15) is 9.18 Å². The topological polar surface area (TPSA) is 151 Å². The van der Waals surface area contributed by atoms with Crippen LogP contribution in [-0.2, 0) is 4.79 Å². The fraction of sp³-hybridized carbons (Fsp3) is 0.368. The van der Waals surface area contributed by atoms with Gasteiger partial charge in [0.05, 0.1) is 12.2 Å². The van der Waals surface area contributed by atoms with Crippen LogP contribution >= 0.6 is 0 Å². The Balaban J connectivity index is 1.41. The number of nitrogens with two attached hydrogens (primary N) is 2. The molecule has 5 N–H and O–H groups in total. The highest BCUT2D eigenvalue weighted by atomic mass is 19.1. The van der Waals surface area contributed by atoms with E-state index in [1.807, 2.05) is 4.90 Å². The smallest absolute Gasteiger partial charge is 0.246 e. The number of halogens is 1. The Morgan fingerprint density at radius 1 is 1.29 bits per heavy atom. The highest BCUT2D eigenvalue weighted by molar-refractivity contribution is 5.95. The molecule has 1 fully saturated rings. The average Bonchev–Trinajstić information content (AvgIpc) is 3.29. The van der Waals surface area contributed by atoms with Crippen LogP contribution in [0.5, 0.6) is 0 Å². The van der Waals surface area contributed by atoms with E-state index in [0.29, 0.717) is 49.6 Å². The van der Waals surface area contributed by atoms with E-state index in [2.05, 4.69) is 30.7 Å². The van der Waals surface area contributed by atoms with Gasteiger partial charge in [-0.15, -0.1) is 5.10 Å². The Labute approximate surface area is 178 Å². The summed E-state index contributed by atoms with van der Waals surface area (Å²) in [7, 11) is 0. The lowest BCUT2D eigenvalue weighted by atomic mass is 9.94. The third kappa shape index (κ3) is 4.43. The number of hydrogen-bond donors (Lipinski definition) is 3. The minimum atomic E-state index is -0.430. The number of nitrogens with one attached hydrogen (secondary N) is 1. The molecule has 4 rings (SSSR count). The molecule has 2 aliphatic heterocycles. The lowest BCUT2D eigenvalue weighted by Gasteiger charge is -2.33. The van der Waals surface area contributed by atoms with E-state index in [-0.39, 0.29) is 23.7 Å². The van der Waals surface area contributed by atoms with Crippen molar-refractivity contribution in [2.45, 2.75) is 25.3 Å². The molecule has 4 heterocycles. The number of amidine groups is 1. The molecule has 1 saturated heterocycles. The van der Waals surface area contributed by atoms with E-state index in [0.717, 1.165) is 6.20 Å². The van der Waals surface area contributed by atoms with Crippen LogP contribution in [0.1, 0.15) is 36.6 Å². The molecule has 0 radical (unpaired) electrons. The second kappa shape index (κ2) is 9.00. The summed E-state index contributed by atoms with van der Waals surface area (Å²) in [6, 6.07) is 2.71. The van der Waals surface area contributed by atoms with Crippen molar-refractivity contribution in [2.24, 2.45) is 27.7 Å². The maximum atomic E-state index is 13.6. The number of hydrazone groups is 2. The molecule has 1 unspecified atom stereocenters. The number of carbonyl (C=O) groups is 1. The van der Waals surface area contributed by atoms with E-state index < -0.39 is 5.82 Å². The third-order valence-corrected chi connectivity index (χ3v) is 5.38. The van der Waals surface area contributed by atoms with Crippen LogP contribution in [0.25, 0.3) is 0 Å². The van der Waals surface area contributed by atoms with Crippen molar-refractivity contribution in [3.05, 3.63) is 47.8 Å². The van der Waals surface area contributed by atoms with E-state index in [4.69, 9.17) is 11.6 Å². The van der Waals surface area contributed by atoms with Crippen molar-refractivity contribution in [1.29, 1.82) is 0 Å². The quantitative estimate of drug-likeness (QED) is 0.267. The molecule has 0 bridgehead atoms. The predicted octanol–water partition coefficient (Wildman–Crippen LogP) is 0.270. The largest absolute Gasteiger partial charge is 0.380 e. The molecule has 12 heteroatoms. The highest BCUT2D eigenvalue weighted by Crippen LogP contribution is 2.32. The monoisotopic (exact) mass is 426 g/mol. The van der Waals surface area contributed by atoms with Gasteiger partial charge in [-0.05, 0) is 30.5 Å². The molecule has 162 valence electrons. The zero-order chi connectivity index (χ0) is 21.8. The van der Waals surface area contributed by atoms with Gasteiger partial charge in [0.2, 0.25) is 11.9 Å². The molecule has 0 aromatic carbocycles. The summed E-state index contributed by atoms with van der Waals surface area (Å²) in [5.41, 5.74) is 9.05. The molecular weight excluding hydrogens is 403 g/mol. The molecule has 11 nitrogen and oxygen atoms in total. The Hall–Kier alpha value is -3.67. The van der Waals surface area contributed by atoms with Crippen molar-refractivity contribution < 1.29 is 9.18 Å². The van der Waals surface area contributed by atoms with Gasteiger partial charge >= 0.3 is 0 Å². The zero-order valence-electron chi connectivity index (χ0n) is 16.7. The Morgan fingerprint density at radius 2 is 2.10 bits per heavy atom. The minimum absolute atomic E-state index is 0.0669. The van der Waals surface area contributed by atoms with Gasteiger partial charge in [-0.1, -0.05) is 0 Å². The fourth-order valence-electron chi connectivity index (χ4n) is 3.80.